The molecule has 13 heavy (non-hydrogen) atoms. The van der Waals surface area contributed by atoms with Crippen LogP contribution in [0.5, 0.6) is 0 Å². The van der Waals surface area contributed by atoms with Crippen LogP contribution in [0.3, 0.4) is 0 Å². The molecule has 0 unspecified atom stereocenters. The van der Waals surface area contributed by atoms with Crippen molar-refractivity contribution in [2.45, 2.75) is 5.92 Å². The van der Waals surface area contributed by atoms with E-state index in [1.807, 2.05) is 18.2 Å². The Morgan fingerprint density at radius 3 is 2.62 bits per heavy atom. The van der Waals surface area contributed by atoms with Crippen LogP contribution < -0.4 is 0 Å². The number of hydrogen-bond donors (Lipinski definition) is 0. The van der Waals surface area contributed by atoms with Crippen LogP contribution in [0.1, 0.15) is 10.8 Å². The zero-order valence-corrected chi connectivity index (χ0v) is 8.48. The molecule has 0 spiro atoms. The van der Waals surface area contributed by atoms with E-state index in [9.17, 15) is 4.21 Å². The van der Waals surface area contributed by atoms with E-state index in [2.05, 4.69) is 23.6 Å². The molecule has 0 saturated heterocycles. The van der Waals surface area contributed by atoms with Crippen LogP contribution in [0.25, 0.3) is 0 Å². The van der Waals surface area contributed by atoms with Gasteiger partial charge in [-0.3, -0.25) is 0 Å². The highest BCUT2D eigenvalue weighted by atomic mass is 32.1. The zero-order chi connectivity index (χ0) is 9.10. The predicted molar refractivity (Wildman–Crippen MR) is 58.5 cm³/mol. The summed E-state index contributed by atoms with van der Waals surface area (Å²) < 4.78 is 10.5. The Hall–Kier alpha value is -0.930. The highest BCUT2D eigenvalue weighted by Gasteiger charge is 2.08. The van der Waals surface area contributed by atoms with Gasteiger partial charge in [-0.05, 0) is 23.6 Å². The molecule has 0 amide bonds. The minimum absolute atomic E-state index is 0.357. The van der Waals surface area contributed by atoms with Gasteiger partial charge in [-0.2, -0.15) is 0 Å². The van der Waals surface area contributed by atoms with Crippen molar-refractivity contribution in [3.05, 3.63) is 46.7 Å². The Balaban J connectivity index is 2.24. The SMILES string of the molecule is O=S=C1C=CC(c2cccs2)C=C1. The zero-order valence-electron chi connectivity index (χ0n) is 6.84. The predicted octanol–water partition coefficient (Wildman–Crippen LogP) is 2.34. The molecular formula is C10H8OS2. The standard InChI is InChI=1S/C10H8OS2/c11-13-9-5-3-8(4-6-9)10-2-1-7-12-10/h1-8H. The van der Waals surface area contributed by atoms with Crippen molar-refractivity contribution < 1.29 is 4.21 Å². The molecule has 0 aromatic carbocycles. The summed E-state index contributed by atoms with van der Waals surface area (Å²) in [5, 5.41) is 2.07. The molecule has 1 nitrogen and oxygen atoms in total. The summed E-state index contributed by atoms with van der Waals surface area (Å²) in [5.41, 5.74) is 0. The van der Waals surface area contributed by atoms with Gasteiger partial charge in [-0.15, -0.1) is 11.3 Å². The van der Waals surface area contributed by atoms with Crippen molar-refractivity contribution in [2.75, 3.05) is 0 Å². The third-order valence-corrected chi connectivity index (χ3v) is 3.34. The van der Waals surface area contributed by atoms with E-state index in [4.69, 9.17) is 0 Å². The van der Waals surface area contributed by atoms with Crippen LogP contribution in [-0.2, 0) is 11.3 Å². The fourth-order valence-corrected chi connectivity index (χ4v) is 2.30. The summed E-state index contributed by atoms with van der Waals surface area (Å²) in [6.45, 7) is 0. The molecule has 3 heteroatoms. The molecule has 2 rings (SSSR count). The monoisotopic (exact) mass is 208 g/mol. The van der Waals surface area contributed by atoms with Gasteiger partial charge in [0.05, 0.1) is 16.1 Å². The highest BCUT2D eigenvalue weighted by Crippen LogP contribution is 2.25. The quantitative estimate of drug-likeness (QED) is 0.647. The molecule has 0 saturated carbocycles. The maximum atomic E-state index is 10.5. The van der Waals surface area contributed by atoms with E-state index in [0.717, 1.165) is 4.86 Å². The van der Waals surface area contributed by atoms with Gasteiger partial charge in [0.15, 0.2) is 0 Å². The first-order valence-corrected chi connectivity index (χ1v) is 5.59. The lowest BCUT2D eigenvalue weighted by atomic mass is 10.0. The lowest BCUT2D eigenvalue weighted by molar-refractivity contribution is 0.701. The summed E-state index contributed by atoms with van der Waals surface area (Å²) in [7, 11) is 0. The van der Waals surface area contributed by atoms with Gasteiger partial charge in [-0.1, -0.05) is 18.2 Å². The lowest BCUT2D eigenvalue weighted by Gasteiger charge is -2.07. The topological polar surface area (TPSA) is 17.1 Å². The number of rotatable bonds is 1. The second kappa shape index (κ2) is 3.85. The summed E-state index contributed by atoms with van der Waals surface area (Å²) in [6, 6.07) is 4.16. The second-order valence-electron chi connectivity index (χ2n) is 2.75. The van der Waals surface area contributed by atoms with Gasteiger partial charge in [0.25, 0.3) is 0 Å². The first kappa shape index (κ1) is 8.66. The molecule has 1 aromatic rings. The number of allylic oxidation sites excluding steroid dienone is 4. The van der Waals surface area contributed by atoms with Crippen molar-refractivity contribution >= 4 is 27.5 Å². The highest BCUT2D eigenvalue weighted by molar-refractivity contribution is 7.67. The molecule has 0 radical (unpaired) electrons. The maximum Gasteiger partial charge on any atom is 0.0965 e. The minimum atomic E-state index is 0.357. The third kappa shape index (κ3) is 1.87. The molecule has 0 atom stereocenters. The molecule has 1 heterocycles. The van der Waals surface area contributed by atoms with Gasteiger partial charge in [-0.25, -0.2) is 4.21 Å². The van der Waals surface area contributed by atoms with Crippen molar-refractivity contribution in [3.8, 4) is 0 Å². The van der Waals surface area contributed by atoms with Gasteiger partial charge in [0.1, 0.15) is 0 Å². The molecule has 1 aliphatic rings. The summed E-state index contributed by atoms with van der Waals surface area (Å²) in [5.74, 6) is 0.357. The Morgan fingerprint density at radius 1 is 1.31 bits per heavy atom. The van der Waals surface area contributed by atoms with Crippen LogP contribution in [0.15, 0.2) is 41.8 Å². The van der Waals surface area contributed by atoms with Gasteiger partial charge in [0, 0.05) is 10.8 Å². The van der Waals surface area contributed by atoms with E-state index in [1.54, 1.807) is 11.3 Å². The fraction of sp³-hybridized carbons (Fsp3) is 0.100. The molecule has 0 bridgehead atoms. The van der Waals surface area contributed by atoms with Crippen molar-refractivity contribution in [1.82, 2.24) is 0 Å². The molecule has 1 aliphatic carbocycles. The molecule has 1 aromatic heterocycles. The minimum Gasteiger partial charge on any atom is -0.212 e. The van der Waals surface area contributed by atoms with E-state index in [0.29, 0.717) is 17.2 Å². The van der Waals surface area contributed by atoms with Gasteiger partial charge >= 0.3 is 0 Å². The van der Waals surface area contributed by atoms with E-state index >= 15 is 0 Å². The largest absolute Gasteiger partial charge is 0.212 e. The average Bonchev–Trinajstić information content (AvgIpc) is 2.71. The van der Waals surface area contributed by atoms with Crippen molar-refractivity contribution in [3.63, 3.8) is 0 Å². The molecule has 0 N–H and O–H groups in total. The fourth-order valence-electron chi connectivity index (χ4n) is 1.24. The Morgan fingerprint density at radius 2 is 2.08 bits per heavy atom. The summed E-state index contributed by atoms with van der Waals surface area (Å²) in [4.78, 5) is 2.11. The van der Waals surface area contributed by atoms with Crippen LogP contribution >= 0.6 is 11.3 Å². The van der Waals surface area contributed by atoms with E-state index < -0.39 is 0 Å². The van der Waals surface area contributed by atoms with Crippen molar-refractivity contribution in [2.24, 2.45) is 0 Å². The molecular weight excluding hydrogens is 200 g/mol. The van der Waals surface area contributed by atoms with E-state index in [1.165, 1.54) is 4.88 Å². The maximum absolute atomic E-state index is 10.5. The second-order valence-corrected chi connectivity index (χ2v) is 4.36. The molecule has 0 fully saturated rings. The van der Waals surface area contributed by atoms with Crippen LogP contribution in [-0.4, -0.2) is 9.07 Å². The number of hydrogen-bond acceptors (Lipinski definition) is 2. The summed E-state index contributed by atoms with van der Waals surface area (Å²) >= 11 is 2.28. The third-order valence-electron chi connectivity index (χ3n) is 1.90. The van der Waals surface area contributed by atoms with Crippen LogP contribution in [0.2, 0.25) is 0 Å². The lowest BCUT2D eigenvalue weighted by Crippen LogP contribution is -1.97. The smallest absolute Gasteiger partial charge is 0.0965 e. The van der Waals surface area contributed by atoms with Crippen molar-refractivity contribution in [1.29, 1.82) is 0 Å². The Bertz CT molecular complexity index is 379. The molecule has 66 valence electrons. The first-order chi connectivity index (χ1) is 6.40. The Labute approximate surface area is 84.5 Å². The normalized spacial score (nSPS) is 20.6. The van der Waals surface area contributed by atoms with Crippen LogP contribution in [0.4, 0.5) is 0 Å². The first-order valence-electron chi connectivity index (χ1n) is 3.97. The van der Waals surface area contributed by atoms with Gasteiger partial charge < -0.3 is 0 Å². The average molecular weight is 208 g/mol. The van der Waals surface area contributed by atoms with Crippen LogP contribution in [0, 0.1) is 0 Å². The van der Waals surface area contributed by atoms with Gasteiger partial charge in [0.2, 0.25) is 0 Å². The Kier molecular flexibility index (Phi) is 2.57. The van der Waals surface area contributed by atoms with E-state index in [-0.39, 0.29) is 0 Å². The molecule has 0 aliphatic heterocycles. The number of thiophene rings is 1. The summed E-state index contributed by atoms with van der Waals surface area (Å²) in [6.07, 6.45) is 7.90.